The van der Waals surface area contributed by atoms with Crippen molar-refractivity contribution in [1.29, 1.82) is 0 Å². The fraction of sp³-hybridized carbons (Fsp3) is 0.615. The van der Waals surface area contributed by atoms with Gasteiger partial charge in [-0.1, -0.05) is 6.92 Å². The van der Waals surface area contributed by atoms with Crippen molar-refractivity contribution in [3.8, 4) is 0 Å². The van der Waals surface area contributed by atoms with Crippen molar-refractivity contribution in [3.05, 3.63) is 21.9 Å². The Hall–Kier alpha value is -0.870. The van der Waals surface area contributed by atoms with Crippen LogP contribution in [-0.4, -0.2) is 19.1 Å². The first-order valence-corrected chi connectivity index (χ1v) is 6.82. The molecule has 0 aliphatic carbocycles. The minimum atomic E-state index is -0.605. The van der Waals surface area contributed by atoms with Crippen molar-refractivity contribution >= 4 is 17.3 Å². The van der Waals surface area contributed by atoms with Gasteiger partial charge >= 0.3 is 5.97 Å². The van der Waals surface area contributed by atoms with E-state index in [1.165, 1.54) is 9.75 Å². The molecular formula is C13H21NO2S. The van der Waals surface area contributed by atoms with Gasteiger partial charge in [-0.15, -0.1) is 11.3 Å². The molecule has 1 unspecified atom stereocenters. The number of nitrogens with two attached hydrogens (primary N) is 1. The summed E-state index contributed by atoms with van der Waals surface area (Å²) in [7, 11) is 0. The maximum Gasteiger partial charge on any atom is 0.313 e. The highest BCUT2D eigenvalue weighted by Gasteiger charge is 2.34. The van der Waals surface area contributed by atoms with Crippen LogP contribution >= 0.6 is 11.3 Å². The second kappa shape index (κ2) is 6.17. The number of carbonyl (C=O) groups is 1. The van der Waals surface area contributed by atoms with E-state index < -0.39 is 5.41 Å². The minimum Gasteiger partial charge on any atom is -0.466 e. The molecule has 96 valence electrons. The number of esters is 1. The quantitative estimate of drug-likeness (QED) is 0.794. The fourth-order valence-electron chi connectivity index (χ4n) is 1.62. The Labute approximate surface area is 107 Å². The fourth-order valence-corrected chi connectivity index (χ4v) is 2.77. The molecule has 1 aromatic heterocycles. The van der Waals surface area contributed by atoms with Crippen LogP contribution < -0.4 is 5.73 Å². The van der Waals surface area contributed by atoms with Crippen LogP contribution in [0.4, 0.5) is 0 Å². The number of aryl methyl sites for hydroxylation is 1. The maximum absolute atomic E-state index is 11.9. The van der Waals surface area contributed by atoms with E-state index in [-0.39, 0.29) is 5.97 Å². The standard InChI is InChI=1S/C13H21NO2S/c1-4-10-6-7-11(17-10)8-13(3,9-14)12(15)16-5-2/h6-7H,4-5,8-9,14H2,1-3H3. The summed E-state index contributed by atoms with van der Waals surface area (Å²) in [5.74, 6) is -0.200. The Kier molecular flexibility index (Phi) is 5.15. The van der Waals surface area contributed by atoms with E-state index >= 15 is 0 Å². The van der Waals surface area contributed by atoms with Crippen LogP contribution in [0.15, 0.2) is 12.1 Å². The van der Waals surface area contributed by atoms with Gasteiger partial charge in [-0.25, -0.2) is 0 Å². The van der Waals surface area contributed by atoms with Gasteiger partial charge in [-0.2, -0.15) is 0 Å². The number of ether oxygens (including phenoxy) is 1. The molecule has 3 nitrogen and oxygen atoms in total. The second-order valence-electron chi connectivity index (χ2n) is 4.38. The molecule has 1 atom stereocenters. The third-order valence-corrected chi connectivity index (χ3v) is 4.08. The Morgan fingerprint density at radius 2 is 2.06 bits per heavy atom. The lowest BCUT2D eigenvalue weighted by Crippen LogP contribution is -2.39. The molecule has 0 saturated heterocycles. The molecule has 0 spiro atoms. The molecule has 1 aromatic rings. The van der Waals surface area contributed by atoms with E-state index in [0.29, 0.717) is 19.6 Å². The normalized spacial score (nSPS) is 14.4. The van der Waals surface area contributed by atoms with Crippen molar-refractivity contribution in [2.75, 3.05) is 13.2 Å². The van der Waals surface area contributed by atoms with Crippen molar-refractivity contribution in [3.63, 3.8) is 0 Å². The highest BCUT2D eigenvalue weighted by Crippen LogP contribution is 2.27. The van der Waals surface area contributed by atoms with E-state index in [1.807, 2.05) is 13.8 Å². The summed E-state index contributed by atoms with van der Waals surface area (Å²) in [6, 6.07) is 4.19. The highest BCUT2D eigenvalue weighted by atomic mass is 32.1. The van der Waals surface area contributed by atoms with Crippen molar-refractivity contribution in [1.82, 2.24) is 0 Å². The number of hydrogen-bond acceptors (Lipinski definition) is 4. The van der Waals surface area contributed by atoms with Crippen molar-refractivity contribution < 1.29 is 9.53 Å². The van der Waals surface area contributed by atoms with Gasteiger partial charge in [-0.3, -0.25) is 4.79 Å². The van der Waals surface area contributed by atoms with E-state index in [9.17, 15) is 4.79 Å². The summed E-state index contributed by atoms with van der Waals surface area (Å²) in [6.07, 6.45) is 1.69. The van der Waals surface area contributed by atoms with Crippen LogP contribution in [0, 0.1) is 5.41 Å². The number of hydrogen-bond donors (Lipinski definition) is 1. The predicted octanol–water partition coefficient (Wildman–Crippen LogP) is 2.38. The summed E-state index contributed by atoms with van der Waals surface area (Å²) in [4.78, 5) is 14.4. The van der Waals surface area contributed by atoms with Crippen LogP contribution in [-0.2, 0) is 22.4 Å². The Balaban J connectivity index is 2.77. The van der Waals surface area contributed by atoms with Crippen LogP contribution in [0.1, 0.15) is 30.5 Å². The second-order valence-corrected chi connectivity index (χ2v) is 5.64. The van der Waals surface area contributed by atoms with E-state index in [2.05, 4.69) is 19.1 Å². The third-order valence-electron chi connectivity index (χ3n) is 2.85. The monoisotopic (exact) mass is 255 g/mol. The Morgan fingerprint density at radius 1 is 1.41 bits per heavy atom. The molecule has 0 fully saturated rings. The molecule has 4 heteroatoms. The van der Waals surface area contributed by atoms with Gasteiger partial charge in [0, 0.05) is 16.3 Å². The van der Waals surface area contributed by atoms with Gasteiger partial charge in [0.25, 0.3) is 0 Å². The minimum absolute atomic E-state index is 0.200. The van der Waals surface area contributed by atoms with Crippen LogP contribution in [0.2, 0.25) is 0 Å². The zero-order chi connectivity index (χ0) is 12.9. The largest absolute Gasteiger partial charge is 0.466 e. The molecule has 1 rings (SSSR count). The highest BCUT2D eigenvalue weighted by molar-refractivity contribution is 7.12. The molecule has 0 radical (unpaired) electrons. The number of rotatable bonds is 6. The van der Waals surface area contributed by atoms with Crippen molar-refractivity contribution in [2.24, 2.45) is 11.1 Å². The summed E-state index contributed by atoms with van der Waals surface area (Å²) in [5, 5.41) is 0. The average Bonchev–Trinajstić information content (AvgIpc) is 2.76. The van der Waals surface area contributed by atoms with Gasteiger partial charge in [0.2, 0.25) is 0 Å². The van der Waals surface area contributed by atoms with Gasteiger partial charge < -0.3 is 10.5 Å². The van der Waals surface area contributed by atoms with Gasteiger partial charge in [0.05, 0.1) is 12.0 Å². The SMILES string of the molecule is CCOC(=O)C(C)(CN)Cc1ccc(CC)s1. The van der Waals surface area contributed by atoms with E-state index in [4.69, 9.17) is 10.5 Å². The molecule has 0 bridgehead atoms. The smallest absolute Gasteiger partial charge is 0.313 e. The zero-order valence-corrected chi connectivity index (χ0v) is 11.6. The van der Waals surface area contributed by atoms with Gasteiger partial charge in [0.1, 0.15) is 0 Å². The summed E-state index contributed by atoms with van der Waals surface area (Å²) in [6.45, 7) is 6.53. The zero-order valence-electron chi connectivity index (χ0n) is 10.8. The summed E-state index contributed by atoms with van der Waals surface area (Å²) >= 11 is 1.75. The lowest BCUT2D eigenvalue weighted by Gasteiger charge is -2.24. The van der Waals surface area contributed by atoms with Gasteiger partial charge in [-0.05, 0) is 38.8 Å². The Bertz CT molecular complexity index is 375. The molecule has 0 aliphatic rings. The molecule has 0 aliphatic heterocycles. The molecule has 0 amide bonds. The molecule has 0 saturated carbocycles. The first kappa shape index (κ1) is 14.2. The lowest BCUT2D eigenvalue weighted by atomic mass is 9.86. The third kappa shape index (κ3) is 3.54. The van der Waals surface area contributed by atoms with Crippen LogP contribution in [0.25, 0.3) is 0 Å². The topological polar surface area (TPSA) is 52.3 Å². The van der Waals surface area contributed by atoms with Gasteiger partial charge in [0.15, 0.2) is 0 Å². The number of thiophene rings is 1. The average molecular weight is 255 g/mol. The van der Waals surface area contributed by atoms with E-state index in [1.54, 1.807) is 11.3 Å². The van der Waals surface area contributed by atoms with E-state index in [0.717, 1.165) is 6.42 Å². The van der Waals surface area contributed by atoms with Crippen molar-refractivity contribution in [2.45, 2.75) is 33.6 Å². The van der Waals surface area contributed by atoms with Crippen LogP contribution in [0.3, 0.4) is 0 Å². The molecule has 1 heterocycles. The summed E-state index contributed by atoms with van der Waals surface area (Å²) < 4.78 is 5.09. The molecule has 0 aromatic carbocycles. The Morgan fingerprint density at radius 3 is 2.53 bits per heavy atom. The first-order valence-electron chi connectivity index (χ1n) is 6.00. The first-order chi connectivity index (χ1) is 8.05. The van der Waals surface area contributed by atoms with Crippen LogP contribution in [0.5, 0.6) is 0 Å². The lowest BCUT2D eigenvalue weighted by molar-refractivity contribution is -0.153. The molecular weight excluding hydrogens is 234 g/mol. The molecule has 2 N–H and O–H groups in total. The summed E-state index contributed by atoms with van der Waals surface area (Å²) in [5.41, 5.74) is 5.12. The predicted molar refractivity (Wildman–Crippen MR) is 71.2 cm³/mol. The maximum atomic E-state index is 11.9. The molecule has 17 heavy (non-hydrogen) atoms. The number of carbonyl (C=O) groups excluding carboxylic acids is 1.